The number of imidazole rings is 1. The zero-order valence-electron chi connectivity index (χ0n) is 26.2. The number of esters is 1. The maximum Gasteiger partial charge on any atom is 0.330 e. The van der Waals surface area contributed by atoms with Crippen LogP contribution in [0.5, 0.6) is 0 Å². The first-order chi connectivity index (χ1) is 22.0. The van der Waals surface area contributed by atoms with Gasteiger partial charge in [-0.2, -0.15) is 4.68 Å². The van der Waals surface area contributed by atoms with Crippen molar-refractivity contribution in [3.8, 4) is 22.5 Å². The van der Waals surface area contributed by atoms with E-state index in [2.05, 4.69) is 57.3 Å². The summed E-state index contributed by atoms with van der Waals surface area (Å²) in [5.41, 5.74) is 6.56. The molecule has 0 fully saturated rings. The lowest BCUT2D eigenvalue weighted by atomic mass is 9.98. The molecule has 0 amide bonds. The minimum atomic E-state index is -0.444. The highest BCUT2D eigenvalue weighted by Crippen LogP contribution is 2.32. The largest absolute Gasteiger partial charge is 0.463 e. The number of nitrogens with zero attached hydrogens (tertiary/aromatic N) is 7. The number of unbranched alkanes of at least 4 members (excludes halogenated alkanes) is 1. The van der Waals surface area contributed by atoms with E-state index in [-0.39, 0.29) is 12.8 Å². The molecule has 11 nitrogen and oxygen atoms in total. The summed E-state index contributed by atoms with van der Waals surface area (Å²) in [6.45, 7) is 8.92. The number of tetrazole rings is 1. The highest BCUT2D eigenvalue weighted by atomic mass is 16.5. The summed E-state index contributed by atoms with van der Waals surface area (Å²) in [7, 11) is 0. The van der Waals surface area contributed by atoms with Gasteiger partial charge < -0.3 is 19.1 Å². The molecule has 0 aliphatic heterocycles. The molecule has 234 valence electrons. The van der Waals surface area contributed by atoms with Crippen LogP contribution >= 0.6 is 0 Å². The number of carbonyl (C=O) groups excluding carboxylic acids is 1. The molecular weight excluding hydrogens is 570 g/mol. The third-order valence-electron chi connectivity index (χ3n) is 7.52. The van der Waals surface area contributed by atoms with Crippen LogP contribution in [0.4, 0.5) is 0 Å². The number of carbonyl (C=O) groups is 1. The van der Waals surface area contributed by atoms with Gasteiger partial charge in [0.2, 0.25) is 0 Å². The third kappa shape index (κ3) is 7.16. The zero-order valence-corrected chi connectivity index (χ0v) is 26.2. The van der Waals surface area contributed by atoms with Crippen molar-refractivity contribution >= 4 is 23.2 Å². The van der Waals surface area contributed by atoms with Gasteiger partial charge in [0.05, 0.1) is 25.5 Å². The second-order valence-electron chi connectivity index (χ2n) is 10.6. The minimum absolute atomic E-state index is 0.269. The number of aliphatic hydroxyl groups excluding tert-OH is 1. The molecule has 0 saturated carbocycles. The molecule has 0 bridgehead atoms. The molecule has 2 aromatic carbocycles. The number of benzene rings is 2. The number of aryl methyl sites for hydroxylation is 1. The highest BCUT2D eigenvalue weighted by molar-refractivity contribution is 5.88. The highest BCUT2D eigenvalue weighted by Gasteiger charge is 2.19. The van der Waals surface area contributed by atoms with Gasteiger partial charge in [-0.05, 0) is 66.5 Å². The van der Waals surface area contributed by atoms with Gasteiger partial charge in [0.25, 0.3) is 0 Å². The number of aromatic nitrogens is 7. The summed E-state index contributed by atoms with van der Waals surface area (Å²) in [5, 5.41) is 22.5. The minimum Gasteiger partial charge on any atom is -0.463 e. The Labute approximate surface area is 262 Å². The van der Waals surface area contributed by atoms with Gasteiger partial charge in [0.1, 0.15) is 11.3 Å². The van der Waals surface area contributed by atoms with Gasteiger partial charge in [-0.15, -0.1) is 5.10 Å². The number of hydrogen-bond acceptors (Lipinski definition) is 9. The number of pyridine rings is 1. The van der Waals surface area contributed by atoms with Crippen molar-refractivity contribution in [1.29, 1.82) is 0 Å². The molecule has 11 heteroatoms. The summed E-state index contributed by atoms with van der Waals surface area (Å²) in [6.07, 6.45) is 5.49. The molecule has 0 radical (unpaired) electrons. The van der Waals surface area contributed by atoms with Crippen LogP contribution in [0.3, 0.4) is 0 Å². The molecule has 5 rings (SSSR count). The van der Waals surface area contributed by atoms with Gasteiger partial charge >= 0.3 is 5.97 Å². The van der Waals surface area contributed by atoms with Gasteiger partial charge in [-0.25, -0.2) is 14.8 Å². The maximum absolute atomic E-state index is 11.9. The Morgan fingerprint density at radius 1 is 1.02 bits per heavy atom. The second-order valence-corrected chi connectivity index (χ2v) is 10.6. The fraction of sp³-hybridized carbons (Fsp3) is 0.353. The van der Waals surface area contributed by atoms with Crippen LogP contribution in [0.25, 0.3) is 39.8 Å². The standard InChI is InChI=1S/C34H39N7O4/c1-5-8-13-31-35-29-20-26(18-19-32(43)45-7-3)30(22-42)36-34(29)40(31)21-24-14-16-25(17-15-24)27-11-9-10-12-28(27)33-37-38-39-41(33)23(4)44-6-2/h9-12,14-20,23,42H,5-8,13,21-22H2,1-4H3. The quantitative estimate of drug-likeness (QED) is 0.123. The topological polar surface area (TPSA) is 130 Å². The van der Waals surface area contributed by atoms with Crippen molar-refractivity contribution in [3.63, 3.8) is 0 Å². The Morgan fingerprint density at radius 3 is 2.51 bits per heavy atom. The summed E-state index contributed by atoms with van der Waals surface area (Å²) in [6, 6.07) is 18.4. The van der Waals surface area contributed by atoms with Crippen LogP contribution in [0, 0.1) is 0 Å². The number of aliphatic hydroxyl groups is 1. The van der Waals surface area contributed by atoms with Crippen molar-refractivity contribution in [3.05, 3.63) is 83.3 Å². The average Bonchev–Trinajstić information content (AvgIpc) is 3.68. The Balaban J connectivity index is 1.47. The molecule has 1 unspecified atom stereocenters. The summed E-state index contributed by atoms with van der Waals surface area (Å²) in [5.74, 6) is 1.13. The SMILES string of the molecule is CCCCc1nc2cc(C=CC(=O)OCC)c(CO)nc2n1Cc1ccc(-c2ccccc2-c2nnnn2C(C)OCC)cc1. The monoisotopic (exact) mass is 609 g/mol. The Hall–Kier alpha value is -4.74. The molecule has 1 N–H and O–H groups in total. The predicted molar refractivity (Wildman–Crippen MR) is 172 cm³/mol. The average molecular weight is 610 g/mol. The lowest BCUT2D eigenvalue weighted by Gasteiger charge is -2.15. The van der Waals surface area contributed by atoms with Crippen LogP contribution in [-0.4, -0.2) is 59.0 Å². The van der Waals surface area contributed by atoms with E-state index >= 15 is 0 Å². The molecule has 3 heterocycles. The Morgan fingerprint density at radius 2 is 1.80 bits per heavy atom. The molecule has 0 spiro atoms. The summed E-state index contributed by atoms with van der Waals surface area (Å²) < 4.78 is 14.6. The summed E-state index contributed by atoms with van der Waals surface area (Å²) >= 11 is 0. The lowest BCUT2D eigenvalue weighted by Crippen LogP contribution is -2.12. The van der Waals surface area contributed by atoms with E-state index in [9.17, 15) is 9.90 Å². The molecule has 0 aliphatic rings. The number of fused-ring (bicyclic) bond motifs is 1. The molecular formula is C34H39N7O4. The van der Waals surface area contributed by atoms with Gasteiger partial charge in [-0.1, -0.05) is 61.9 Å². The first-order valence-electron chi connectivity index (χ1n) is 15.4. The van der Waals surface area contributed by atoms with Crippen LogP contribution in [-0.2, 0) is 33.8 Å². The molecule has 0 aliphatic carbocycles. The van der Waals surface area contributed by atoms with Crippen molar-refractivity contribution < 1.29 is 19.4 Å². The number of ether oxygens (including phenoxy) is 2. The first-order valence-corrected chi connectivity index (χ1v) is 15.4. The molecule has 45 heavy (non-hydrogen) atoms. The fourth-order valence-electron chi connectivity index (χ4n) is 5.29. The number of hydrogen-bond donors (Lipinski definition) is 1. The van der Waals surface area contributed by atoms with Crippen LogP contribution in [0.1, 0.15) is 69.4 Å². The van der Waals surface area contributed by atoms with E-state index in [1.165, 1.54) is 6.08 Å². The lowest BCUT2D eigenvalue weighted by molar-refractivity contribution is -0.137. The van der Waals surface area contributed by atoms with Crippen LogP contribution in [0.2, 0.25) is 0 Å². The normalized spacial score (nSPS) is 12.3. The van der Waals surface area contributed by atoms with Crippen molar-refractivity contribution in [2.45, 2.75) is 66.3 Å². The van der Waals surface area contributed by atoms with Gasteiger partial charge in [0.15, 0.2) is 17.7 Å². The van der Waals surface area contributed by atoms with Crippen molar-refractivity contribution in [2.24, 2.45) is 0 Å². The Kier molecular flexibility index (Phi) is 10.4. The zero-order chi connectivity index (χ0) is 31.8. The van der Waals surface area contributed by atoms with E-state index < -0.39 is 5.97 Å². The molecule has 1 atom stereocenters. The van der Waals surface area contributed by atoms with E-state index in [0.717, 1.165) is 47.3 Å². The molecule has 3 aromatic heterocycles. The van der Waals surface area contributed by atoms with Crippen LogP contribution in [0.15, 0.2) is 60.7 Å². The van der Waals surface area contributed by atoms with E-state index in [1.54, 1.807) is 17.7 Å². The summed E-state index contributed by atoms with van der Waals surface area (Å²) in [4.78, 5) is 21.6. The van der Waals surface area contributed by atoms with E-state index in [4.69, 9.17) is 19.4 Å². The van der Waals surface area contributed by atoms with Crippen molar-refractivity contribution in [2.75, 3.05) is 13.2 Å². The van der Waals surface area contributed by atoms with E-state index in [1.807, 2.05) is 38.1 Å². The van der Waals surface area contributed by atoms with E-state index in [0.29, 0.717) is 48.0 Å². The second kappa shape index (κ2) is 14.8. The predicted octanol–water partition coefficient (Wildman–Crippen LogP) is 5.77. The molecule has 0 saturated heterocycles. The maximum atomic E-state index is 11.9. The van der Waals surface area contributed by atoms with Gasteiger partial charge in [-0.3, -0.25) is 0 Å². The fourth-order valence-corrected chi connectivity index (χ4v) is 5.29. The smallest absolute Gasteiger partial charge is 0.330 e. The Bertz CT molecular complexity index is 1780. The van der Waals surface area contributed by atoms with Gasteiger partial charge in [0, 0.05) is 30.2 Å². The third-order valence-corrected chi connectivity index (χ3v) is 7.52. The van der Waals surface area contributed by atoms with Crippen molar-refractivity contribution in [1.82, 2.24) is 34.7 Å². The number of rotatable bonds is 14. The first kappa shape index (κ1) is 31.7. The van der Waals surface area contributed by atoms with Crippen LogP contribution < -0.4 is 0 Å². The molecule has 5 aromatic rings.